The largest absolute Gasteiger partial charge is 0.492 e. The van der Waals surface area contributed by atoms with Gasteiger partial charge >= 0.3 is 0 Å². The van der Waals surface area contributed by atoms with E-state index >= 15 is 0 Å². The number of carbonyl (C=O) groups is 1. The van der Waals surface area contributed by atoms with Crippen LogP contribution in [0.4, 0.5) is 5.69 Å². The fourth-order valence-corrected chi connectivity index (χ4v) is 2.74. The number of nitrogens with two attached hydrogens (primary N) is 1. The maximum absolute atomic E-state index is 12.2. The highest BCUT2D eigenvalue weighted by Gasteiger charge is 2.12. The highest BCUT2D eigenvalue weighted by atomic mass is 32.1. The van der Waals surface area contributed by atoms with Crippen molar-refractivity contribution in [3.05, 3.63) is 52.2 Å². The van der Waals surface area contributed by atoms with Gasteiger partial charge in [-0.1, -0.05) is 0 Å². The number of hydrogen-bond donors (Lipinski definition) is 4. The molecule has 0 unspecified atom stereocenters. The predicted molar refractivity (Wildman–Crippen MR) is 99.1 cm³/mol. The highest BCUT2D eigenvalue weighted by molar-refractivity contribution is 7.08. The third kappa shape index (κ3) is 4.43. The van der Waals surface area contributed by atoms with Gasteiger partial charge in [0.1, 0.15) is 12.4 Å². The van der Waals surface area contributed by atoms with Crippen molar-refractivity contribution < 1.29 is 9.53 Å². The summed E-state index contributed by atoms with van der Waals surface area (Å²) >= 11 is 1.47. The molecule has 1 aromatic heterocycles. The number of carbonyl (C=O) groups excluding carboxylic acids is 1. The van der Waals surface area contributed by atoms with E-state index in [1.54, 1.807) is 36.7 Å². The quantitative estimate of drug-likeness (QED) is 0.553. The number of thiophene rings is 1. The van der Waals surface area contributed by atoms with Crippen LogP contribution in [0.2, 0.25) is 0 Å². The van der Waals surface area contributed by atoms with Crippen LogP contribution < -0.4 is 21.1 Å². The minimum atomic E-state index is -0.167. The molecule has 0 saturated carbocycles. The van der Waals surface area contributed by atoms with Gasteiger partial charge in [-0.2, -0.15) is 11.3 Å². The summed E-state index contributed by atoms with van der Waals surface area (Å²) in [5.74, 6) is 0.469. The Balaban J connectivity index is 2.32. The lowest BCUT2D eigenvalue weighted by Gasteiger charge is -2.15. The molecule has 1 aromatic carbocycles. The summed E-state index contributed by atoms with van der Waals surface area (Å²) in [5.41, 5.74) is 8.22. The minimum Gasteiger partial charge on any atom is -0.492 e. The van der Waals surface area contributed by atoms with E-state index in [9.17, 15) is 4.79 Å². The Morgan fingerprint density at radius 3 is 2.88 bits per heavy atom. The SMILES string of the molecule is CN/C(=C\C=N)c1cc(NC(=O)c2ccsc2)ccc1OCCN. The van der Waals surface area contributed by atoms with Gasteiger partial charge in [-0.15, -0.1) is 0 Å². The number of ether oxygens (including phenoxy) is 1. The van der Waals surface area contributed by atoms with Gasteiger partial charge in [0.05, 0.1) is 5.56 Å². The van der Waals surface area contributed by atoms with Crippen molar-refractivity contribution in [2.75, 3.05) is 25.5 Å². The fourth-order valence-electron chi connectivity index (χ4n) is 2.10. The summed E-state index contributed by atoms with van der Waals surface area (Å²) in [6, 6.07) is 7.14. The predicted octanol–water partition coefficient (Wildman–Crippen LogP) is 2.55. The average molecular weight is 344 g/mol. The summed E-state index contributed by atoms with van der Waals surface area (Å²) in [6.45, 7) is 0.786. The highest BCUT2D eigenvalue weighted by Crippen LogP contribution is 2.28. The molecule has 0 atom stereocenters. The van der Waals surface area contributed by atoms with E-state index in [1.165, 1.54) is 17.6 Å². The Bertz CT molecular complexity index is 726. The number of nitrogens with one attached hydrogen (secondary N) is 3. The van der Waals surface area contributed by atoms with Crippen molar-refractivity contribution in [2.24, 2.45) is 5.73 Å². The van der Waals surface area contributed by atoms with E-state index in [0.717, 1.165) is 5.56 Å². The topological polar surface area (TPSA) is 100 Å². The summed E-state index contributed by atoms with van der Waals surface area (Å²) < 4.78 is 5.66. The summed E-state index contributed by atoms with van der Waals surface area (Å²) in [4.78, 5) is 12.2. The first-order valence-electron chi connectivity index (χ1n) is 7.39. The number of allylic oxidation sites excluding steroid dienone is 1. The van der Waals surface area contributed by atoms with E-state index < -0.39 is 0 Å². The van der Waals surface area contributed by atoms with Gasteiger partial charge in [0.15, 0.2) is 0 Å². The Morgan fingerprint density at radius 2 is 2.25 bits per heavy atom. The van der Waals surface area contributed by atoms with Gasteiger partial charge < -0.3 is 26.5 Å². The standard InChI is InChI=1S/C17H20N4O2S/c1-20-15(4-6-18)14-10-13(2-3-16(14)23-8-7-19)21-17(22)12-5-9-24-11-12/h2-6,9-11,18,20H,7-8,19H2,1H3,(H,21,22)/b15-4-,18-6?. The molecule has 1 heterocycles. The second-order valence-electron chi connectivity index (χ2n) is 4.81. The van der Waals surface area contributed by atoms with Crippen LogP contribution in [0.5, 0.6) is 5.75 Å². The monoisotopic (exact) mass is 344 g/mol. The van der Waals surface area contributed by atoms with Crippen LogP contribution in [0.3, 0.4) is 0 Å². The van der Waals surface area contributed by atoms with Gasteiger partial charge in [-0.05, 0) is 35.7 Å². The maximum Gasteiger partial charge on any atom is 0.256 e. The lowest BCUT2D eigenvalue weighted by molar-refractivity contribution is 0.102. The molecule has 1 amide bonds. The molecule has 126 valence electrons. The molecule has 6 nitrogen and oxygen atoms in total. The van der Waals surface area contributed by atoms with Crippen LogP contribution in [-0.4, -0.2) is 32.3 Å². The van der Waals surface area contributed by atoms with Gasteiger partial charge in [0.25, 0.3) is 5.91 Å². The van der Waals surface area contributed by atoms with E-state index in [4.69, 9.17) is 15.9 Å². The van der Waals surface area contributed by atoms with Gasteiger partial charge in [0.2, 0.25) is 0 Å². The van der Waals surface area contributed by atoms with Crippen LogP contribution in [0.1, 0.15) is 15.9 Å². The molecule has 2 aromatic rings. The molecule has 5 N–H and O–H groups in total. The van der Waals surface area contributed by atoms with E-state index in [0.29, 0.717) is 35.8 Å². The van der Waals surface area contributed by atoms with Gasteiger partial charge in [0, 0.05) is 42.1 Å². The second kappa shape index (κ2) is 8.85. The molecule has 24 heavy (non-hydrogen) atoms. The summed E-state index contributed by atoms with van der Waals surface area (Å²) in [5, 5.41) is 16.8. The first-order valence-corrected chi connectivity index (χ1v) is 8.33. The zero-order chi connectivity index (χ0) is 17.4. The fraction of sp³-hybridized carbons (Fsp3) is 0.176. The third-order valence-corrected chi connectivity index (χ3v) is 3.89. The zero-order valence-electron chi connectivity index (χ0n) is 13.3. The molecule has 0 aliphatic heterocycles. The molecule has 0 aliphatic carbocycles. The molecule has 2 rings (SSSR count). The van der Waals surface area contributed by atoms with Crippen LogP contribution in [0, 0.1) is 5.41 Å². The smallest absolute Gasteiger partial charge is 0.256 e. The van der Waals surface area contributed by atoms with Gasteiger partial charge in [-0.3, -0.25) is 4.79 Å². The third-order valence-electron chi connectivity index (χ3n) is 3.21. The molecule has 0 fully saturated rings. The molecule has 0 aliphatic rings. The van der Waals surface area contributed by atoms with E-state index in [1.807, 2.05) is 11.4 Å². The van der Waals surface area contributed by atoms with Crippen molar-refractivity contribution in [2.45, 2.75) is 0 Å². The number of anilines is 1. The molecule has 0 saturated heterocycles. The van der Waals surface area contributed by atoms with Crippen molar-refractivity contribution in [1.82, 2.24) is 5.32 Å². The Hall–Kier alpha value is -2.64. The lowest BCUT2D eigenvalue weighted by atomic mass is 10.1. The lowest BCUT2D eigenvalue weighted by Crippen LogP contribution is -2.14. The average Bonchev–Trinajstić information content (AvgIpc) is 3.13. The Labute approximate surface area is 144 Å². The zero-order valence-corrected chi connectivity index (χ0v) is 14.2. The van der Waals surface area contributed by atoms with Crippen LogP contribution in [0.25, 0.3) is 5.70 Å². The molecule has 0 spiro atoms. The second-order valence-corrected chi connectivity index (χ2v) is 5.59. The van der Waals surface area contributed by atoms with Crippen molar-refractivity contribution in [3.63, 3.8) is 0 Å². The van der Waals surface area contributed by atoms with E-state index in [2.05, 4.69) is 10.6 Å². The van der Waals surface area contributed by atoms with Crippen LogP contribution >= 0.6 is 11.3 Å². The molecule has 0 bridgehead atoms. The van der Waals surface area contributed by atoms with E-state index in [-0.39, 0.29) is 5.91 Å². The molecule has 0 radical (unpaired) electrons. The Kier molecular flexibility index (Phi) is 6.53. The number of hydrogen-bond acceptors (Lipinski definition) is 6. The number of benzene rings is 1. The Morgan fingerprint density at radius 1 is 1.42 bits per heavy atom. The first kappa shape index (κ1) is 17.7. The van der Waals surface area contributed by atoms with Crippen LogP contribution in [-0.2, 0) is 0 Å². The summed E-state index contributed by atoms with van der Waals surface area (Å²) in [7, 11) is 1.76. The molecule has 7 heteroatoms. The molecular formula is C17H20N4O2S. The van der Waals surface area contributed by atoms with Crippen molar-refractivity contribution in [3.8, 4) is 5.75 Å². The van der Waals surface area contributed by atoms with Crippen molar-refractivity contribution >= 4 is 34.8 Å². The first-order chi connectivity index (χ1) is 11.7. The number of rotatable bonds is 8. The summed E-state index contributed by atoms with van der Waals surface area (Å²) in [6.07, 6.45) is 2.81. The van der Waals surface area contributed by atoms with Crippen LogP contribution in [0.15, 0.2) is 41.1 Å². The van der Waals surface area contributed by atoms with Crippen molar-refractivity contribution in [1.29, 1.82) is 5.41 Å². The molecular weight excluding hydrogens is 324 g/mol. The number of amides is 1. The normalized spacial score (nSPS) is 11.0. The minimum absolute atomic E-state index is 0.167. The van der Waals surface area contributed by atoms with Gasteiger partial charge in [-0.25, -0.2) is 0 Å². The maximum atomic E-state index is 12.2.